The summed E-state index contributed by atoms with van der Waals surface area (Å²) in [7, 11) is 0. The minimum atomic E-state index is -1.19. The Balaban J connectivity index is 1.13. The number of carbonyl (C=O) groups is 4. The average Bonchev–Trinajstić information content (AvgIpc) is 3.41. The van der Waals surface area contributed by atoms with Crippen molar-refractivity contribution in [1.82, 2.24) is 10.2 Å². The summed E-state index contributed by atoms with van der Waals surface area (Å²) >= 11 is 0. The number of benzene rings is 2. The smallest absolute Gasteiger partial charge is 0.352 e. The van der Waals surface area contributed by atoms with Crippen LogP contribution in [0.3, 0.4) is 0 Å². The highest BCUT2D eigenvalue weighted by Gasteiger charge is 2.60. The minimum absolute atomic E-state index is 0.0558. The number of hydrogen-bond acceptors (Lipinski definition) is 5. The number of carboxylic acids is 1. The number of β-lactam (4-membered cyclic amide) rings is 1. The number of carbonyl (C=O) groups excluding carboxylic acids is 3. The van der Waals surface area contributed by atoms with Crippen molar-refractivity contribution in [3.8, 4) is 11.1 Å². The van der Waals surface area contributed by atoms with Crippen molar-refractivity contribution in [1.29, 1.82) is 0 Å². The molecule has 45 heavy (non-hydrogen) atoms. The number of aliphatic hydroxyl groups is 1. The van der Waals surface area contributed by atoms with E-state index in [4.69, 9.17) is 0 Å². The van der Waals surface area contributed by atoms with Gasteiger partial charge in [-0.25, -0.2) is 4.79 Å². The molecule has 0 aromatic heterocycles. The first-order valence-electron chi connectivity index (χ1n) is 16.1. The SMILES string of the molecule is CC(C)NC(=O)C[N+]12CC[N+](Cc3ccc4c(c3)-c3ccc(C5=C(C(=O)O)N6C(=O)[C@H]([C@@H](C)O)[C@H]6[C@H]5C)cc3C4=O)(CC1)CC2. The van der Waals surface area contributed by atoms with Crippen LogP contribution >= 0.6 is 0 Å². The number of aliphatic hydroxyl groups excluding tert-OH is 1. The molecule has 8 rings (SSSR count). The summed E-state index contributed by atoms with van der Waals surface area (Å²) < 4.78 is 1.87. The van der Waals surface area contributed by atoms with Gasteiger partial charge in [0.2, 0.25) is 5.91 Å². The van der Waals surface area contributed by atoms with Crippen molar-refractivity contribution < 1.29 is 38.4 Å². The first-order valence-corrected chi connectivity index (χ1v) is 16.1. The van der Waals surface area contributed by atoms with Gasteiger partial charge in [0.1, 0.15) is 51.5 Å². The number of hydrogen-bond donors (Lipinski definition) is 3. The van der Waals surface area contributed by atoms with Gasteiger partial charge >= 0.3 is 5.97 Å². The Kier molecular flexibility index (Phi) is 6.85. The largest absolute Gasteiger partial charge is 0.477 e. The molecule has 3 N–H and O–H groups in total. The lowest BCUT2D eigenvalue weighted by atomic mass is 9.76. The summed E-state index contributed by atoms with van der Waals surface area (Å²) in [5.41, 5.74) is 5.21. The van der Waals surface area contributed by atoms with E-state index < -0.39 is 24.0 Å². The Labute approximate surface area is 263 Å². The van der Waals surface area contributed by atoms with E-state index in [1.807, 2.05) is 39.0 Å². The number of nitrogens with zero attached hydrogens (tertiary/aromatic N) is 3. The molecule has 10 heteroatoms. The van der Waals surface area contributed by atoms with Crippen molar-refractivity contribution in [3.63, 3.8) is 0 Å². The molecule has 236 valence electrons. The summed E-state index contributed by atoms with van der Waals surface area (Å²) in [6.45, 7) is 14.9. The van der Waals surface area contributed by atoms with E-state index in [0.717, 1.165) is 65.9 Å². The molecular formula is C35H42N4O6+2. The van der Waals surface area contributed by atoms with Gasteiger partial charge in [-0.1, -0.05) is 25.1 Å². The number of quaternary nitrogens is 2. The highest BCUT2D eigenvalue weighted by molar-refractivity contribution is 6.22. The van der Waals surface area contributed by atoms with E-state index in [-0.39, 0.29) is 35.3 Å². The molecule has 0 unspecified atom stereocenters. The van der Waals surface area contributed by atoms with Crippen LogP contribution in [-0.2, 0) is 20.9 Å². The van der Waals surface area contributed by atoms with Gasteiger partial charge in [-0.2, -0.15) is 0 Å². The molecular weight excluding hydrogens is 572 g/mol. The van der Waals surface area contributed by atoms with Gasteiger partial charge in [-0.15, -0.1) is 0 Å². The molecule has 6 aliphatic rings. The fraction of sp³-hybridized carbons (Fsp3) is 0.486. The van der Waals surface area contributed by atoms with Crippen molar-refractivity contribution in [3.05, 3.63) is 64.3 Å². The second kappa shape index (κ2) is 10.3. The highest BCUT2D eigenvalue weighted by atomic mass is 16.4. The molecule has 10 nitrogen and oxygen atoms in total. The maximum atomic E-state index is 13.6. The molecule has 2 bridgehead atoms. The van der Waals surface area contributed by atoms with E-state index >= 15 is 0 Å². The van der Waals surface area contributed by atoms with Crippen LogP contribution in [0.4, 0.5) is 0 Å². The number of carboxylic acid groups (broad SMARTS) is 1. The topological polar surface area (TPSA) is 124 Å². The molecule has 4 fully saturated rings. The molecule has 2 aromatic carbocycles. The van der Waals surface area contributed by atoms with E-state index in [0.29, 0.717) is 28.8 Å². The van der Waals surface area contributed by atoms with Crippen molar-refractivity contribution in [2.45, 2.75) is 52.4 Å². The maximum absolute atomic E-state index is 13.6. The van der Waals surface area contributed by atoms with Gasteiger partial charge in [0.15, 0.2) is 12.3 Å². The molecule has 2 amide bonds. The standard InChI is InChI=1S/C35H40N4O6/c1-19(2)36-28(41)18-39-12-9-38(10-13-39,11-14-39)17-22-5-7-25-26(15-22)24-8-6-23(16-27(24)33(25)42)29-20(3)31-30(21(4)40)34(43)37(31)32(29)35(44)45/h5-8,15-16,19-21,30-31,40H,9-14,17-18H2,1-4H3/p+2/t20-,21+,30+,31+,38?,39?/m0/s1. The van der Waals surface area contributed by atoms with Gasteiger partial charge in [0, 0.05) is 28.7 Å². The summed E-state index contributed by atoms with van der Waals surface area (Å²) in [6.07, 6.45) is -0.876. The van der Waals surface area contributed by atoms with Crippen LogP contribution in [0.1, 0.15) is 54.7 Å². The summed E-state index contributed by atoms with van der Waals surface area (Å²) in [4.78, 5) is 52.7. The predicted octanol–water partition coefficient (Wildman–Crippen LogP) is 2.24. The minimum Gasteiger partial charge on any atom is -0.477 e. The molecule has 0 radical (unpaired) electrons. The summed E-state index contributed by atoms with van der Waals surface area (Å²) in [5, 5.41) is 23.4. The Bertz CT molecular complexity index is 1670. The van der Waals surface area contributed by atoms with Crippen molar-refractivity contribution in [2.24, 2.45) is 11.8 Å². The molecule has 4 atom stereocenters. The van der Waals surface area contributed by atoms with Gasteiger partial charge in [-0.3, -0.25) is 14.4 Å². The van der Waals surface area contributed by atoms with Gasteiger partial charge < -0.3 is 29.4 Å². The number of ketones is 1. The number of fused-ring (bicyclic) bond motifs is 7. The lowest BCUT2D eigenvalue weighted by molar-refractivity contribution is -1.08. The van der Waals surface area contributed by atoms with Crippen LogP contribution in [0.25, 0.3) is 16.7 Å². The number of nitrogens with one attached hydrogen (secondary N) is 1. The monoisotopic (exact) mass is 614 g/mol. The van der Waals surface area contributed by atoms with Crippen LogP contribution in [0.15, 0.2) is 42.1 Å². The first-order chi connectivity index (χ1) is 21.3. The lowest BCUT2D eigenvalue weighted by Crippen LogP contribution is -2.75. The fourth-order valence-corrected chi connectivity index (χ4v) is 8.82. The summed E-state index contributed by atoms with van der Waals surface area (Å²) in [6, 6.07) is 11.4. The van der Waals surface area contributed by atoms with Crippen molar-refractivity contribution >= 4 is 29.1 Å². The third kappa shape index (κ3) is 4.56. The van der Waals surface area contributed by atoms with Gasteiger partial charge in [0.25, 0.3) is 5.91 Å². The lowest BCUT2D eigenvalue weighted by Gasteiger charge is -2.55. The number of piperazine rings is 3. The second-order valence-electron chi connectivity index (χ2n) is 14.4. The Hall–Kier alpha value is -3.86. The molecule has 5 aliphatic heterocycles. The number of rotatable bonds is 8. The quantitative estimate of drug-likeness (QED) is 0.264. The fourth-order valence-electron chi connectivity index (χ4n) is 8.82. The zero-order valence-electron chi connectivity index (χ0n) is 26.4. The second-order valence-corrected chi connectivity index (χ2v) is 14.4. The van der Waals surface area contributed by atoms with Crippen LogP contribution < -0.4 is 5.32 Å². The predicted molar refractivity (Wildman–Crippen MR) is 166 cm³/mol. The van der Waals surface area contributed by atoms with E-state index in [1.54, 1.807) is 13.0 Å². The van der Waals surface area contributed by atoms with Gasteiger partial charge in [0.05, 0.1) is 18.1 Å². The zero-order chi connectivity index (χ0) is 32.0. The first kappa shape index (κ1) is 29.8. The molecule has 1 aliphatic carbocycles. The molecule has 0 saturated carbocycles. The van der Waals surface area contributed by atoms with Gasteiger partial charge in [-0.05, 0) is 61.2 Å². The maximum Gasteiger partial charge on any atom is 0.352 e. The number of aliphatic carboxylic acids is 1. The average molecular weight is 615 g/mol. The van der Waals surface area contributed by atoms with Crippen LogP contribution in [-0.4, -0.2) is 112 Å². The molecule has 0 spiro atoms. The zero-order valence-corrected chi connectivity index (χ0v) is 26.4. The van der Waals surface area contributed by atoms with Crippen LogP contribution in [0.2, 0.25) is 0 Å². The Morgan fingerprint density at radius 1 is 0.911 bits per heavy atom. The normalized spacial score (nSPS) is 30.3. The molecule has 5 heterocycles. The van der Waals surface area contributed by atoms with Crippen LogP contribution in [0, 0.1) is 11.8 Å². The van der Waals surface area contributed by atoms with Crippen molar-refractivity contribution in [2.75, 3.05) is 45.8 Å². The van der Waals surface area contributed by atoms with E-state index in [9.17, 15) is 29.4 Å². The molecule has 2 aromatic rings. The van der Waals surface area contributed by atoms with E-state index in [2.05, 4.69) is 17.4 Å². The Morgan fingerprint density at radius 3 is 2.18 bits per heavy atom. The van der Waals surface area contributed by atoms with E-state index in [1.165, 1.54) is 10.5 Å². The third-order valence-corrected chi connectivity index (χ3v) is 11.2. The number of amides is 2. The Morgan fingerprint density at radius 2 is 1.56 bits per heavy atom. The highest BCUT2D eigenvalue weighted by Crippen LogP contribution is 2.51. The third-order valence-electron chi connectivity index (χ3n) is 11.2. The molecule has 4 saturated heterocycles. The van der Waals surface area contributed by atoms with Crippen LogP contribution in [0.5, 0.6) is 0 Å². The summed E-state index contributed by atoms with van der Waals surface area (Å²) in [5.74, 6) is -2.45.